The van der Waals surface area contributed by atoms with Crippen molar-refractivity contribution in [1.29, 1.82) is 0 Å². The van der Waals surface area contributed by atoms with Crippen LogP contribution in [0, 0.1) is 39.9 Å². The van der Waals surface area contributed by atoms with Crippen molar-refractivity contribution >= 4 is 8.32 Å². The molecule has 0 bridgehead atoms. The number of hydrogen-bond donors (Lipinski definition) is 1. The highest BCUT2D eigenvalue weighted by atomic mass is 28.4. The maximum absolute atomic E-state index is 9.92. The zero-order valence-electron chi connectivity index (χ0n) is 22.7. The van der Waals surface area contributed by atoms with Crippen LogP contribution in [0.3, 0.4) is 0 Å². The van der Waals surface area contributed by atoms with Gasteiger partial charge in [-0.25, -0.2) is 0 Å². The fraction of sp³-hybridized carbons (Fsp3) is 0.931. The van der Waals surface area contributed by atoms with Gasteiger partial charge in [0.15, 0.2) is 8.32 Å². The molecule has 0 aliphatic heterocycles. The first-order valence-corrected chi connectivity index (χ1v) is 16.6. The minimum atomic E-state index is -1.72. The minimum Gasteiger partial charge on any atom is -0.414 e. The van der Waals surface area contributed by atoms with Crippen LogP contribution in [0.15, 0.2) is 11.6 Å². The highest BCUT2D eigenvalue weighted by molar-refractivity contribution is 6.74. The van der Waals surface area contributed by atoms with Crippen molar-refractivity contribution in [3.63, 3.8) is 0 Å². The largest absolute Gasteiger partial charge is 0.414 e. The lowest BCUT2D eigenvalue weighted by Gasteiger charge is -2.64. The Balaban J connectivity index is 1.57. The second-order valence-electron chi connectivity index (χ2n) is 14.5. The summed E-state index contributed by atoms with van der Waals surface area (Å²) in [7, 11) is -1.72. The first-order valence-electron chi connectivity index (χ1n) is 13.7. The van der Waals surface area contributed by atoms with E-state index in [1.54, 1.807) is 5.57 Å². The Morgan fingerprint density at radius 1 is 1.06 bits per heavy atom. The third kappa shape index (κ3) is 3.54. The van der Waals surface area contributed by atoms with E-state index in [-0.39, 0.29) is 5.04 Å². The fourth-order valence-corrected chi connectivity index (χ4v) is 10.1. The van der Waals surface area contributed by atoms with Gasteiger partial charge in [0.2, 0.25) is 0 Å². The van der Waals surface area contributed by atoms with Gasteiger partial charge in [-0.3, -0.25) is 0 Å². The molecule has 4 rings (SSSR count). The van der Waals surface area contributed by atoms with Crippen molar-refractivity contribution in [3.05, 3.63) is 11.6 Å². The number of allylic oxidation sites excluding steroid dienone is 1. The molecule has 3 fully saturated rings. The van der Waals surface area contributed by atoms with E-state index in [4.69, 9.17) is 4.43 Å². The van der Waals surface area contributed by atoms with Crippen molar-refractivity contribution in [2.75, 3.05) is 6.61 Å². The topological polar surface area (TPSA) is 29.5 Å². The Kier molecular flexibility index (Phi) is 6.21. The molecule has 1 N–H and O–H groups in total. The average Bonchev–Trinajstić information content (AvgIpc) is 3.05. The van der Waals surface area contributed by atoms with Crippen LogP contribution < -0.4 is 0 Å². The van der Waals surface area contributed by atoms with Crippen molar-refractivity contribution in [2.45, 2.75) is 124 Å². The van der Waals surface area contributed by atoms with Crippen molar-refractivity contribution in [3.8, 4) is 0 Å². The first-order chi connectivity index (χ1) is 14.7. The molecule has 2 nitrogen and oxygen atoms in total. The number of aliphatic hydroxyl groups is 1. The van der Waals surface area contributed by atoms with Crippen LogP contribution >= 0.6 is 0 Å². The molecule has 8 atom stereocenters. The van der Waals surface area contributed by atoms with Gasteiger partial charge in [-0.05, 0) is 109 Å². The molecule has 0 saturated heterocycles. The maximum atomic E-state index is 9.92. The van der Waals surface area contributed by atoms with Gasteiger partial charge in [-0.1, -0.05) is 60.1 Å². The molecule has 3 heteroatoms. The highest BCUT2D eigenvalue weighted by Gasteiger charge is 2.64. The van der Waals surface area contributed by atoms with E-state index in [0.29, 0.717) is 40.8 Å². The van der Waals surface area contributed by atoms with Gasteiger partial charge < -0.3 is 9.53 Å². The molecule has 0 radical (unpaired) electrons. The molecular weight excluding hydrogens is 408 g/mol. The molecule has 3 saturated carbocycles. The van der Waals surface area contributed by atoms with Crippen LogP contribution in [0.25, 0.3) is 0 Å². The van der Waals surface area contributed by atoms with Crippen molar-refractivity contribution in [1.82, 2.24) is 0 Å². The Labute approximate surface area is 200 Å². The van der Waals surface area contributed by atoms with Gasteiger partial charge in [0.1, 0.15) is 0 Å². The average molecular weight is 461 g/mol. The van der Waals surface area contributed by atoms with Gasteiger partial charge in [0.05, 0.1) is 0 Å². The second-order valence-corrected chi connectivity index (χ2v) is 19.3. The summed E-state index contributed by atoms with van der Waals surface area (Å²) in [6, 6.07) is 0. The third-order valence-electron chi connectivity index (χ3n) is 12.2. The fourth-order valence-electron chi connectivity index (χ4n) is 8.76. The molecule has 4 aliphatic carbocycles. The summed E-state index contributed by atoms with van der Waals surface area (Å²) in [5.74, 6) is 2.79. The Morgan fingerprint density at radius 2 is 1.75 bits per heavy atom. The summed E-state index contributed by atoms with van der Waals surface area (Å²) < 4.78 is 6.92. The molecule has 1 unspecified atom stereocenters. The van der Waals surface area contributed by atoms with Gasteiger partial charge in [0, 0.05) is 12.7 Å². The van der Waals surface area contributed by atoms with Crippen LogP contribution in [0.4, 0.5) is 0 Å². The monoisotopic (exact) mass is 460 g/mol. The van der Waals surface area contributed by atoms with E-state index in [2.05, 4.69) is 67.6 Å². The number of fused-ring (bicyclic) bond motifs is 5. The zero-order valence-corrected chi connectivity index (χ0v) is 23.7. The lowest BCUT2D eigenvalue weighted by atomic mass is 9.40. The highest BCUT2D eigenvalue weighted by Crippen LogP contribution is 2.72. The predicted octanol–water partition coefficient (Wildman–Crippen LogP) is 7.97. The number of aliphatic hydroxyl groups excluding tert-OH is 1. The smallest absolute Gasteiger partial charge is 0.192 e. The van der Waals surface area contributed by atoms with Gasteiger partial charge in [0.25, 0.3) is 0 Å². The first kappa shape index (κ1) is 25.0. The Hall–Kier alpha value is -0.123. The molecule has 0 spiro atoms. The van der Waals surface area contributed by atoms with E-state index in [0.717, 1.165) is 18.3 Å². The molecule has 0 amide bonds. The summed E-state index contributed by atoms with van der Waals surface area (Å²) >= 11 is 0. The predicted molar refractivity (Wildman–Crippen MR) is 138 cm³/mol. The lowest BCUT2D eigenvalue weighted by molar-refractivity contribution is -0.119. The third-order valence-corrected chi connectivity index (χ3v) is 16.7. The van der Waals surface area contributed by atoms with E-state index in [1.165, 1.54) is 44.9 Å². The molecule has 4 aliphatic rings. The Bertz CT molecular complexity index is 751. The van der Waals surface area contributed by atoms with Crippen LogP contribution in [0.5, 0.6) is 0 Å². The molecule has 0 aromatic carbocycles. The summed E-state index contributed by atoms with van der Waals surface area (Å²) in [6.07, 6.45) is 13.5. The van der Waals surface area contributed by atoms with Crippen LogP contribution in [0.1, 0.15) is 99.8 Å². The van der Waals surface area contributed by atoms with Crippen LogP contribution in [-0.4, -0.2) is 26.1 Å². The molecule has 0 aromatic rings. The summed E-state index contributed by atoms with van der Waals surface area (Å²) in [5, 5.41) is 10.2. The minimum absolute atomic E-state index is 0.282. The number of rotatable bonds is 4. The van der Waals surface area contributed by atoms with Gasteiger partial charge in [-0.2, -0.15) is 0 Å². The van der Waals surface area contributed by atoms with Crippen molar-refractivity contribution < 1.29 is 9.53 Å². The maximum Gasteiger partial charge on any atom is 0.192 e. The molecule has 0 aromatic heterocycles. The van der Waals surface area contributed by atoms with Crippen LogP contribution in [0.2, 0.25) is 18.1 Å². The summed E-state index contributed by atoms with van der Waals surface area (Å²) in [4.78, 5) is 0. The van der Waals surface area contributed by atoms with E-state index in [9.17, 15) is 5.11 Å². The molecule has 184 valence electrons. The molecular formula is C29H52O2Si. The standard InChI is InChI=1S/C29H52O2Si/c1-20(19-30)23-12-13-24-25-11-10-21-18-22(31-32(8,9)26(2,3)4)14-15-28(21,6)29(25,7)17-16-27(23,24)5/h10,20,22-25,30H,11-19H2,1-9H3/t20-,22?,23-,24+,25+,27-,28+,29+/m1/s1. The van der Waals surface area contributed by atoms with Crippen LogP contribution in [-0.2, 0) is 4.43 Å². The Morgan fingerprint density at radius 3 is 2.38 bits per heavy atom. The van der Waals surface area contributed by atoms with E-state index < -0.39 is 8.32 Å². The van der Waals surface area contributed by atoms with E-state index in [1.807, 2.05) is 0 Å². The summed E-state index contributed by atoms with van der Waals surface area (Å²) in [5.41, 5.74) is 2.91. The van der Waals surface area contributed by atoms with Gasteiger partial charge >= 0.3 is 0 Å². The molecule has 0 heterocycles. The SMILES string of the molecule is C[C@H](CO)[C@H]1CC[C@H]2[C@@H]3CC=C4CC(O[Si](C)(C)C(C)(C)C)CC[C@]4(C)[C@@]3(C)CC[C@]12C. The second kappa shape index (κ2) is 7.95. The lowest BCUT2D eigenvalue weighted by Crippen LogP contribution is -2.57. The summed E-state index contributed by atoms with van der Waals surface area (Å²) in [6.45, 7) is 22.4. The van der Waals surface area contributed by atoms with Crippen molar-refractivity contribution in [2.24, 2.45) is 39.9 Å². The normalized spacial score (nSPS) is 45.5. The molecule has 32 heavy (non-hydrogen) atoms. The zero-order chi connectivity index (χ0) is 23.7. The van der Waals surface area contributed by atoms with Gasteiger partial charge in [-0.15, -0.1) is 0 Å². The number of hydrogen-bond acceptors (Lipinski definition) is 2. The quantitative estimate of drug-likeness (QED) is 0.340. The van der Waals surface area contributed by atoms with E-state index >= 15 is 0 Å².